The van der Waals surface area contributed by atoms with Crippen LogP contribution in [0.2, 0.25) is 0 Å². The summed E-state index contributed by atoms with van der Waals surface area (Å²) >= 11 is 0. The van der Waals surface area contributed by atoms with Gasteiger partial charge in [-0.05, 0) is 79.3 Å². The van der Waals surface area contributed by atoms with Crippen molar-refractivity contribution in [3.8, 4) is 34.1 Å². The minimum absolute atomic E-state index is 0.280. The third-order valence-corrected chi connectivity index (χ3v) is 6.44. The Morgan fingerprint density at radius 3 is 2.34 bits per heavy atom. The van der Waals surface area contributed by atoms with Crippen LogP contribution in [0.25, 0.3) is 22.6 Å². The Morgan fingerprint density at radius 1 is 1.00 bits per heavy atom. The quantitative estimate of drug-likeness (QED) is 0.329. The molecule has 0 atom stereocenters. The second-order valence-electron chi connectivity index (χ2n) is 8.47. The molecular weight excluding hydrogens is 444 g/mol. The molecular formula is C28H28N2O5. The van der Waals surface area contributed by atoms with E-state index in [4.69, 9.17) is 18.7 Å². The maximum Gasteiger partial charge on any atom is 0.355 e. The smallest absolute Gasteiger partial charge is 0.355 e. The molecule has 35 heavy (non-hydrogen) atoms. The largest absolute Gasteiger partial charge is 0.497 e. The van der Waals surface area contributed by atoms with Gasteiger partial charge in [0.15, 0.2) is 5.76 Å². The van der Waals surface area contributed by atoms with E-state index in [1.807, 2.05) is 55.5 Å². The monoisotopic (exact) mass is 472 g/mol. The average Bonchev–Trinajstić information content (AvgIpc) is 3.42. The van der Waals surface area contributed by atoms with Crippen LogP contribution in [-0.4, -0.2) is 36.5 Å². The number of fused-ring (bicyclic) bond motifs is 3. The van der Waals surface area contributed by atoms with Gasteiger partial charge in [0.25, 0.3) is 0 Å². The van der Waals surface area contributed by atoms with Gasteiger partial charge in [-0.1, -0.05) is 17.3 Å². The van der Waals surface area contributed by atoms with Crippen molar-refractivity contribution in [1.82, 2.24) is 9.72 Å². The van der Waals surface area contributed by atoms with E-state index in [0.29, 0.717) is 18.0 Å². The fourth-order valence-electron chi connectivity index (χ4n) is 4.82. The first-order chi connectivity index (χ1) is 17.1. The molecule has 2 heterocycles. The van der Waals surface area contributed by atoms with Crippen molar-refractivity contribution in [3.63, 3.8) is 0 Å². The SMILES string of the molecule is CCOC(=O)c1c2c(c(-c3ccc(OC)cc3)n1Cc1ccc(OC)cc1)CCCc1cnoc1-2. The van der Waals surface area contributed by atoms with Crippen LogP contribution >= 0.6 is 0 Å². The Kier molecular flexibility index (Phi) is 6.31. The minimum atomic E-state index is -0.374. The molecule has 0 bridgehead atoms. The highest BCUT2D eigenvalue weighted by molar-refractivity contribution is 5.99. The van der Waals surface area contributed by atoms with Gasteiger partial charge in [-0.3, -0.25) is 0 Å². The molecule has 1 aliphatic rings. The number of esters is 1. The second kappa shape index (κ2) is 9.70. The fraction of sp³-hybridized carbons (Fsp3) is 0.286. The standard InChI is InChI=1S/C28H28N2O5/c1-4-34-28(31)26-24-23(7-5-6-20-16-29-35-27(20)24)25(19-10-14-22(33-3)15-11-19)30(26)17-18-8-12-21(32-2)13-9-18/h8-16H,4-7,17H2,1-3H3. The van der Waals surface area contributed by atoms with Crippen molar-refractivity contribution >= 4 is 5.97 Å². The number of aromatic nitrogens is 2. The zero-order valence-corrected chi connectivity index (χ0v) is 20.2. The summed E-state index contributed by atoms with van der Waals surface area (Å²) in [6, 6.07) is 15.8. The van der Waals surface area contributed by atoms with Gasteiger partial charge in [0.05, 0.1) is 38.3 Å². The second-order valence-corrected chi connectivity index (χ2v) is 8.47. The molecule has 0 saturated carbocycles. The molecule has 0 fully saturated rings. The molecule has 5 rings (SSSR count). The summed E-state index contributed by atoms with van der Waals surface area (Å²) in [5, 5.41) is 4.06. The Bertz CT molecular complexity index is 1330. The zero-order chi connectivity index (χ0) is 24.4. The van der Waals surface area contributed by atoms with Crippen molar-refractivity contribution in [2.45, 2.75) is 32.7 Å². The van der Waals surface area contributed by atoms with E-state index in [1.165, 1.54) is 0 Å². The molecule has 7 nitrogen and oxygen atoms in total. The predicted octanol–water partition coefficient (Wildman–Crippen LogP) is 5.54. The summed E-state index contributed by atoms with van der Waals surface area (Å²) in [7, 11) is 3.30. The van der Waals surface area contributed by atoms with Gasteiger partial charge in [0.2, 0.25) is 0 Å². The molecule has 0 unspecified atom stereocenters. The van der Waals surface area contributed by atoms with Gasteiger partial charge >= 0.3 is 5.97 Å². The predicted molar refractivity (Wildman–Crippen MR) is 132 cm³/mol. The third kappa shape index (κ3) is 4.18. The van der Waals surface area contributed by atoms with Gasteiger partial charge in [-0.15, -0.1) is 0 Å². The average molecular weight is 473 g/mol. The molecule has 4 aromatic rings. The van der Waals surface area contributed by atoms with Gasteiger partial charge < -0.3 is 23.3 Å². The lowest BCUT2D eigenvalue weighted by atomic mass is 10.00. The number of rotatable bonds is 7. The van der Waals surface area contributed by atoms with Crippen LogP contribution in [0.4, 0.5) is 0 Å². The highest BCUT2D eigenvalue weighted by Crippen LogP contribution is 2.43. The summed E-state index contributed by atoms with van der Waals surface area (Å²) < 4.78 is 24.1. The summed E-state index contributed by atoms with van der Waals surface area (Å²) in [6.45, 7) is 2.58. The Labute approximate surface area is 204 Å². The molecule has 0 aliphatic heterocycles. The summed E-state index contributed by atoms with van der Waals surface area (Å²) in [5.74, 6) is 1.84. The molecule has 180 valence electrons. The number of carbonyl (C=O) groups is 1. The topological polar surface area (TPSA) is 75.7 Å². The van der Waals surface area contributed by atoms with Crippen LogP contribution in [-0.2, 0) is 24.1 Å². The Balaban J connectivity index is 1.78. The highest BCUT2D eigenvalue weighted by atomic mass is 16.5. The van der Waals surface area contributed by atoms with Crippen LogP contribution in [0.3, 0.4) is 0 Å². The van der Waals surface area contributed by atoms with E-state index in [0.717, 1.165) is 64.3 Å². The van der Waals surface area contributed by atoms with E-state index in [2.05, 4.69) is 9.72 Å². The number of nitrogens with zero attached hydrogens (tertiary/aromatic N) is 2. The van der Waals surface area contributed by atoms with Gasteiger partial charge in [-0.2, -0.15) is 0 Å². The number of ether oxygens (including phenoxy) is 3. The lowest BCUT2D eigenvalue weighted by Gasteiger charge is -2.15. The van der Waals surface area contributed by atoms with Crippen molar-refractivity contribution in [3.05, 3.63) is 77.1 Å². The van der Waals surface area contributed by atoms with Crippen molar-refractivity contribution in [2.75, 3.05) is 20.8 Å². The fourth-order valence-corrected chi connectivity index (χ4v) is 4.82. The molecule has 1 aliphatic carbocycles. The first-order valence-corrected chi connectivity index (χ1v) is 11.8. The van der Waals surface area contributed by atoms with Gasteiger partial charge in [0, 0.05) is 12.1 Å². The number of carbonyl (C=O) groups excluding carboxylic acids is 1. The first kappa shape index (κ1) is 22.8. The molecule has 7 heteroatoms. The Morgan fingerprint density at radius 2 is 1.69 bits per heavy atom. The van der Waals surface area contributed by atoms with Crippen molar-refractivity contribution in [1.29, 1.82) is 0 Å². The maximum absolute atomic E-state index is 13.5. The molecule has 0 N–H and O–H groups in total. The van der Waals surface area contributed by atoms with E-state index in [-0.39, 0.29) is 12.6 Å². The molecule has 0 saturated heterocycles. The first-order valence-electron chi connectivity index (χ1n) is 11.8. The minimum Gasteiger partial charge on any atom is -0.497 e. The van der Waals surface area contributed by atoms with Crippen molar-refractivity contribution < 1.29 is 23.5 Å². The number of methoxy groups -OCH3 is 2. The summed E-state index contributed by atoms with van der Waals surface area (Å²) in [6.07, 6.45) is 4.34. The Hall–Kier alpha value is -4.00. The molecule has 0 amide bonds. The normalized spacial score (nSPS) is 12.4. The number of hydrogen-bond donors (Lipinski definition) is 0. The highest BCUT2D eigenvalue weighted by Gasteiger charge is 2.34. The maximum atomic E-state index is 13.5. The number of aryl methyl sites for hydroxylation is 1. The molecule has 0 radical (unpaired) electrons. The van der Waals surface area contributed by atoms with Crippen LogP contribution < -0.4 is 9.47 Å². The molecule has 2 aromatic carbocycles. The molecule has 0 spiro atoms. The van der Waals surface area contributed by atoms with E-state index in [9.17, 15) is 4.79 Å². The number of hydrogen-bond acceptors (Lipinski definition) is 6. The van der Waals surface area contributed by atoms with Crippen LogP contribution in [0.5, 0.6) is 11.5 Å². The van der Waals surface area contributed by atoms with Crippen LogP contribution in [0, 0.1) is 0 Å². The third-order valence-electron chi connectivity index (χ3n) is 6.44. The van der Waals surface area contributed by atoms with E-state index in [1.54, 1.807) is 20.4 Å². The van der Waals surface area contributed by atoms with Gasteiger partial charge in [0.1, 0.15) is 17.2 Å². The van der Waals surface area contributed by atoms with Crippen molar-refractivity contribution in [2.24, 2.45) is 0 Å². The summed E-state index contributed by atoms with van der Waals surface area (Å²) in [4.78, 5) is 13.5. The lowest BCUT2D eigenvalue weighted by molar-refractivity contribution is 0.0515. The number of benzene rings is 2. The summed E-state index contributed by atoms with van der Waals surface area (Å²) in [5.41, 5.74) is 6.37. The van der Waals surface area contributed by atoms with Crippen LogP contribution in [0.15, 0.2) is 59.3 Å². The molecule has 2 aromatic heterocycles. The van der Waals surface area contributed by atoms with Crippen LogP contribution in [0.1, 0.15) is 40.5 Å². The van der Waals surface area contributed by atoms with E-state index >= 15 is 0 Å². The lowest BCUT2D eigenvalue weighted by Crippen LogP contribution is -2.15. The zero-order valence-electron chi connectivity index (χ0n) is 20.2. The van der Waals surface area contributed by atoms with Gasteiger partial charge in [-0.25, -0.2) is 4.79 Å². The van der Waals surface area contributed by atoms with E-state index < -0.39 is 0 Å².